The van der Waals surface area contributed by atoms with Crippen LogP contribution >= 0.6 is 0 Å². The molecule has 0 bridgehead atoms. The third kappa shape index (κ3) is 2.74. The van der Waals surface area contributed by atoms with E-state index in [9.17, 15) is 8.42 Å². The van der Waals surface area contributed by atoms with Crippen LogP contribution in [0.4, 0.5) is 5.69 Å². The van der Waals surface area contributed by atoms with E-state index in [1.165, 1.54) is 0 Å². The van der Waals surface area contributed by atoms with E-state index in [1.54, 1.807) is 16.4 Å². The molecule has 0 atom stereocenters. The molecule has 0 spiro atoms. The van der Waals surface area contributed by atoms with Crippen LogP contribution in [-0.4, -0.2) is 32.9 Å². The van der Waals surface area contributed by atoms with Crippen molar-refractivity contribution < 1.29 is 8.42 Å². The first-order chi connectivity index (χ1) is 10.5. The normalized spacial score (nSPS) is 16.2. The summed E-state index contributed by atoms with van der Waals surface area (Å²) in [4.78, 5) is 2.47. The number of benzene rings is 2. The molecule has 0 amide bonds. The maximum absolute atomic E-state index is 12.9. The fourth-order valence-electron chi connectivity index (χ4n) is 2.73. The van der Waals surface area contributed by atoms with Gasteiger partial charge in [-0.3, -0.25) is 0 Å². The Hall–Kier alpha value is -1.85. The number of aryl methyl sites for hydroxylation is 1. The lowest BCUT2D eigenvalue weighted by Gasteiger charge is -2.20. The van der Waals surface area contributed by atoms with Crippen LogP contribution < -0.4 is 4.90 Å². The summed E-state index contributed by atoms with van der Waals surface area (Å²) in [7, 11) is -1.46. The Morgan fingerprint density at radius 1 is 0.955 bits per heavy atom. The van der Waals surface area contributed by atoms with Gasteiger partial charge in [-0.2, -0.15) is 4.31 Å². The van der Waals surface area contributed by atoms with Crippen LogP contribution in [-0.2, 0) is 16.6 Å². The molecule has 0 aromatic heterocycles. The van der Waals surface area contributed by atoms with E-state index in [-0.39, 0.29) is 0 Å². The average Bonchev–Trinajstić information content (AvgIpc) is 2.68. The molecule has 0 unspecified atom stereocenters. The van der Waals surface area contributed by atoms with Crippen molar-refractivity contribution in [3.63, 3.8) is 0 Å². The zero-order valence-electron chi connectivity index (χ0n) is 12.9. The molecule has 116 valence electrons. The number of hydrogen-bond donors (Lipinski definition) is 0. The summed E-state index contributed by atoms with van der Waals surface area (Å²) in [6.45, 7) is 3.54. The number of nitrogens with zero attached hydrogens (tertiary/aromatic N) is 2. The highest BCUT2D eigenvalue weighted by Gasteiger charge is 2.28. The van der Waals surface area contributed by atoms with Crippen molar-refractivity contribution in [1.29, 1.82) is 0 Å². The molecule has 3 rings (SSSR count). The molecule has 0 radical (unpaired) electrons. The van der Waals surface area contributed by atoms with E-state index in [4.69, 9.17) is 0 Å². The van der Waals surface area contributed by atoms with Crippen LogP contribution in [0.25, 0.3) is 0 Å². The Kier molecular flexibility index (Phi) is 3.93. The molecular weight excluding hydrogens is 296 g/mol. The van der Waals surface area contributed by atoms with Gasteiger partial charge in [-0.25, -0.2) is 8.42 Å². The van der Waals surface area contributed by atoms with Crippen LogP contribution in [0.1, 0.15) is 11.1 Å². The van der Waals surface area contributed by atoms with Crippen LogP contribution in [0.2, 0.25) is 0 Å². The van der Waals surface area contributed by atoms with Gasteiger partial charge in [-0.05, 0) is 30.7 Å². The quantitative estimate of drug-likeness (QED) is 0.855. The van der Waals surface area contributed by atoms with Gasteiger partial charge in [-0.1, -0.05) is 35.9 Å². The highest BCUT2D eigenvalue weighted by Crippen LogP contribution is 2.27. The predicted octanol–water partition coefficient (Wildman–Crippen LogP) is 2.64. The molecule has 1 aliphatic heterocycles. The van der Waals surface area contributed by atoms with Crippen molar-refractivity contribution in [2.45, 2.75) is 18.4 Å². The van der Waals surface area contributed by atoms with Gasteiger partial charge in [0.2, 0.25) is 10.0 Å². The van der Waals surface area contributed by atoms with Gasteiger partial charge >= 0.3 is 0 Å². The molecule has 22 heavy (non-hydrogen) atoms. The SMILES string of the molecule is Cc1ccc(S(=O)(=O)N2CCN(C)c3ccccc3C2)cc1. The summed E-state index contributed by atoms with van der Waals surface area (Å²) in [6, 6.07) is 15.0. The van der Waals surface area contributed by atoms with Crippen molar-refractivity contribution in [2.75, 3.05) is 25.0 Å². The van der Waals surface area contributed by atoms with Gasteiger partial charge in [0.05, 0.1) is 4.90 Å². The highest BCUT2D eigenvalue weighted by molar-refractivity contribution is 7.89. The summed E-state index contributed by atoms with van der Waals surface area (Å²) in [5.74, 6) is 0. The van der Waals surface area contributed by atoms with Gasteiger partial charge in [0.25, 0.3) is 0 Å². The summed E-state index contributed by atoms with van der Waals surface area (Å²) in [5, 5.41) is 0. The molecule has 1 aliphatic rings. The van der Waals surface area contributed by atoms with Crippen molar-refractivity contribution in [3.8, 4) is 0 Å². The van der Waals surface area contributed by atoms with Crippen LogP contribution in [0, 0.1) is 6.92 Å². The van der Waals surface area contributed by atoms with Crippen LogP contribution in [0.3, 0.4) is 0 Å². The second kappa shape index (κ2) is 5.74. The fourth-order valence-corrected chi connectivity index (χ4v) is 4.14. The number of hydrogen-bond acceptors (Lipinski definition) is 3. The molecule has 2 aromatic rings. The van der Waals surface area contributed by atoms with E-state index in [0.29, 0.717) is 24.5 Å². The van der Waals surface area contributed by atoms with E-state index in [0.717, 1.165) is 16.8 Å². The predicted molar refractivity (Wildman–Crippen MR) is 88.5 cm³/mol. The van der Waals surface area contributed by atoms with E-state index in [2.05, 4.69) is 4.90 Å². The Labute approximate surface area is 132 Å². The standard InChI is InChI=1S/C17H20N2O2S/c1-14-7-9-16(10-8-14)22(20,21)19-12-11-18(2)17-6-4-3-5-15(17)13-19/h3-10H,11-13H2,1-2H3. The van der Waals surface area contributed by atoms with Crippen molar-refractivity contribution >= 4 is 15.7 Å². The third-order valence-electron chi connectivity index (χ3n) is 4.09. The molecule has 2 aromatic carbocycles. The lowest BCUT2D eigenvalue weighted by molar-refractivity contribution is 0.420. The lowest BCUT2D eigenvalue weighted by atomic mass is 10.1. The molecule has 5 heteroatoms. The first kappa shape index (κ1) is 15.1. The van der Waals surface area contributed by atoms with Gasteiger partial charge < -0.3 is 4.90 Å². The largest absolute Gasteiger partial charge is 0.373 e. The minimum Gasteiger partial charge on any atom is -0.373 e. The first-order valence-electron chi connectivity index (χ1n) is 7.34. The molecule has 4 nitrogen and oxygen atoms in total. The van der Waals surface area contributed by atoms with E-state index >= 15 is 0 Å². The van der Waals surface area contributed by atoms with Crippen molar-refractivity contribution in [2.24, 2.45) is 0 Å². The molecule has 0 saturated heterocycles. The van der Waals surface area contributed by atoms with Gasteiger partial charge in [0.1, 0.15) is 0 Å². The first-order valence-corrected chi connectivity index (χ1v) is 8.78. The number of likely N-dealkylation sites (N-methyl/N-ethyl adjacent to an activating group) is 1. The fraction of sp³-hybridized carbons (Fsp3) is 0.294. The van der Waals surface area contributed by atoms with Crippen molar-refractivity contribution in [1.82, 2.24) is 4.31 Å². The summed E-state index contributed by atoms with van der Waals surface area (Å²) in [5.41, 5.74) is 3.20. The minimum atomic E-state index is -3.46. The number of sulfonamides is 1. The molecular formula is C17H20N2O2S. The minimum absolute atomic E-state index is 0.361. The van der Waals surface area contributed by atoms with Gasteiger partial charge in [0.15, 0.2) is 0 Å². The average molecular weight is 316 g/mol. The molecule has 1 heterocycles. The van der Waals surface area contributed by atoms with Crippen molar-refractivity contribution in [3.05, 3.63) is 59.7 Å². The summed E-state index contributed by atoms with van der Waals surface area (Å²) >= 11 is 0. The lowest BCUT2D eigenvalue weighted by Crippen LogP contribution is -2.34. The third-order valence-corrected chi connectivity index (χ3v) is 5.95. The molecule has 0 N–H and O–H groups in total. The van der Waals surface area contributed by atoms with Crippen LogP contribution in [0.5, 0.6) is 0 Å². The van der Waals surface area contributed by atoms with Gasteiger partial charge in [-0.15, -0.1) is 0 Å². The summed E-state index contributed by atoms with van der Waals surface area (Å²) in [6.07, 6.45) is 0. The second-order valence-corrected chi connectivity index (χ2v) is 7.64. The Morgan fingerprint density at radius 3 is 2.36 bits per heavy atom. The molecule has 0 fully saturated rings. The van der Waals surface area contributed by atoms with E-state index < -0.39 is 10.0 Å². The molecule has 0 aliphatic carbocycles. The van der Waals surface area contributed by atoms with Crippen LogP contribution in [0.15, 0.2) is 53.4 Å². The second-order valence-electron chi connectivity index (χ2n) is 5.70. The zero-order valence-corrected chi connectivity index (χ0v) is 13.7. The molecule has 0 saturated carbocycles. The van der Waals surface area contributed by atoms with E-state index in [1.807, 2.05) is 50.4 Å². The Balaban J connectivity index is 1.97. The number of para-hydroxylation sites is 1. The topological polar surface area (TPSA) is 40.6 Å². The summed E-state index contributed by atoms with van der Waals surface area (Å²) < 4.78 is 27.3. The smallest absolute Gasteiger partial charge is 0.243 e. The Bertz CT molecular complexity index is 770. The number of fused-ring (bicyclic) bond motifs is 1. The highest BCUT2D eigenvalue weighted by atomic mass is 32.2. The zero-order chi connectivity index (χ0) is 15.7. The maximum atomic E-state index is 12.9. The number of rotatable bonds is 2. The Morgan fingerprint density at radius 2 is 1.64 bits per heavy atom. The number of anilines is 1. The maximum Gasteiger partial charge on any atom is 0.243 e. The monoisotopic (exact) mass is 316 g/mol. The van der Waals surface area contributed by atoms with Gasteiger partial charge in [0, 0.05) is 32.4 Å².